The molecule has 0 aromatic heterocycles. The molecule has 1 nitrogen and oxygen atoms in total. The van der Waals surface area contributed by atoms with Crippen LogP contribution in [0.1, 0.15) is 6.92 Å². The zero-order chi connectivity index (χ0) is 5.54. The van der Waals surface area contributed by atoms with E-state index in [-0.39, 0.29) is 0 Å². The van der Waals surface area contributed by atoms with Crippen molar-refractivity contribution >= 4 is 0 Å². The van der Waals surface area contributed by atoms with Crippen LogP contribution in [0.15, 0.2) is 24.5 Å². The molecular weight excluding hydrogens is 88.1 g/mol. The van der Waals surface area contributed by atoms with Crippen LogP contribution in [0.25, 0.3) is 0 Å². The average molecular weight is 98.1 g/mol. The van der Waals surface area contributed by atoms with Crippen LogP contribution in [-0.2, 0) is 4.74 Å². The molecule has 0 aromatic carbocycles. The standard InChI is InChI=1S/C6H10O/c1-3-4-5-6-7-2/h3-6H,1-2H3/b4-3+,6-5+. The van der Waals surface area contributed by atoms with Crippen molar-refractivity contribution in [1.29, 1.82) is 0 Å². The van der Waals surface area contributed by atoms with E-state index >= 15 is 0 Å². The van der Waals surface area contributed by atoms with E-state index in [1.165, 1.54) is 0 Å². The van der Waals surface area contributed by atoms with Gasteiger partial charge in [0.15, 0.2) is 0 Å². The highest BCUT2D eigenvalue weighted by Gasteiger charge is 1.55. The topological polar surface area (TPSA) is 9.23 Å². The summed E-state index contributed by atoms with van der Waals surface area (Å²) in [6.45, 7) is 1.96. The van der Waals surface area contributed by atoms with Gasteiger partial charge in [-0.25, -0.2) is 0 Å². The lowest BCUT2D eigenvalue weighted by Crippen LogP contribution is -1.59. The quantitative estimate of drug-likeness (QED) is 0.377. The molecule has 0 aliphatic heterocycles. The predicted octanol–water partition coefficient (Wildman–Crippen LogP) is 1.72. The molecule has 0 amide bonds. The molecule has 0 spiro atoms. The Morgan fingerprint density at radius 2 is 2.00 bits per heavy atom. The molecule has 0 aromatic rings. The lowest BCUT2D eigenvalue weighted by atomic mass is 10.5. The zero-order valence-corrected chi connectivity index (χ0v) is 4.72. The normalized spacial score (nSPS) is 11.1. The van der Waals surface area contributed by atoms with Crippen LogP contribution in [0.5, 0.6) is 0 Å². The third kappa shape index (κ3) is 5.28. The second kappa shape index (κ2) is 5.28. The second-order valence-electron chi connectivity index (χ2n) is 1.09. The maximum Gasteiger partial charge on any atom is 0.0824 e. The maximum atomic E-state index is 4.61. The number of allylic oxidation sites excluding steroid dienone is 3. The Bertz CT molecular complexity index is 72.2. The first-order chi connectivity index (χ1) is 3.41. The van der Waals surface area contributed by atoms with Gasteiger partial charge < -0.3 is 4.74 Å². The molecule has 0 unspecified atom stereocenters. The second-order valence-corrected chi connectivity index (χ2v) is 1.09. The van der Waals surface area contributed by atoms with Gasteiger partial charge in [-0.2, -0.15) is 0 Å². The van der Waals surface area contributed by atoms with Crippen LogP contribution in [0.4, 0.5) is 0 Å². The van der Waals surface area contributed by atoms with Crippen molar-refractivity contribution in [3.05, 3.63) is 24.5 Å². The molecule has 0 fully saturated rings. The van der Waals surface area contributed by atoms with Crippen LogP contribution in [-0.4, -0.2) is 7.11 Å². The SMILES string of the molecule is C/C=C/C=C/OC. The highest BCUT2D eigenvalue weighted by atomic mass is 16.5. The van der Waals surface area contributed by atoms with E-state index < -0.39 is 0 Å². The van der Waals surface area contributed by atoms with Crippen LogP contribution in [0.2, 0.25) is 0 Å². The van der Waals surface area contributed by atoms with E-state index in [4.69, 9.17) is 0 Å². The molecule has 7 heavy (non-hydrogen) atoms. The summed E-state index contributed by atoms with van der Waals surface area (Å²) in [4.78, 5) is 0. The van der Waals surface area contributed by atoms with E-state index in [2.05, 4.69) is 4.74 Å². The predicted molar refractivity (Wildman–Crippen MR) is 31.0 cm³/mol. The Hall–Kier alpha value is -0.720. The Balaban J connectivity index is 3.09. The first-order valence-electron chi connectivity index (χ1n) is 2.22. The molecule has 0 rings (SSSR count). The van der Waals surface area contributed by atoms with Gasteiger partial charge in [0.25, 0.3) is 0 Å². The van der Waals surface area contributed by atoms with Crippen LogP contribution in [0, 0.1) is 0 Å². The van der Waals surface area contributed by atoms with Gasteiger partial charge in [-0.1, -0.05) is 12.2 Å². The fourth-order valence-corrected chi connectivity index (χ4v) is 0.235. The number of hydrogen-bond acceptors (Lipinski definition) is 1. The molecule has 0 radical (unpaired) electrons. The fraction of sp³-hybridized carbons (Fsp3) is 0.333. The summed E-state index contributed by atoms with van der Waals surface area (Å²) in [7, 11) is 1.62. The summed E-state index contributed by atoms with van der Waals surface area (Å²) in [5.41, 5.74) is 0. The van der Waals surface area contributed by atoms with Crippen molar-refractivity contribution in [2.75, 3.05) is 7.11 Å². The third-order valence-corrected chi connectivity index (χ3v) is 0.518. The van der Waals surface area contributed by atoms with Gasteiger partial charge in [0, 0.05) is 0 Å². The van der Waals surface area contributed by atoms with Crippen LogP contribution < -0.4 is 0 Å². The largest absolute Gasteiger partial charge is 0.504 e. The minimum Gasteiger partial charge on any atom is -0.504 e. The first kappa shape index (κ1) is 6.28. The Labute approximate surface area is 44.3 Å². The van der Waals surface area contributed by atoms with E-state index in [1.807, 2.05) is 25.2 Å². The Morgan fingerprint density at radius 3 is 2.43 bits per heavy atom. The monoisotopic (exact) mass is 98.1 g/mol. The summed E-state index contributed by atoms with van der Waals surface area (Å²) >= 11 is 0. The summed E-state index contributed by atoms with van der Waals surface area (Å²) in [5, 5.41) is 0. The van der Waals surface area contributed by atoms with Crippen LogP contribution in [0.3, 0.4) is 0 Å². The molecule has 40 valence electrons. The van der Waals surface area contributed by atoms with Gasteiger partial charge >= 0.3 is 0 Å². The van der Waals surface area contributed by atoms with Gasteiger partial charge in [0.05, 0.1) is 13.4 Å². The number of rotatable bonds is 2. The smallest absolute Gasteiger partial charge is 0.0824 e. The Morgan fingerprint density at radius 1 is 1.29 bits per heavy atom. The molecule has 0 N–H and O–H groups in total. The minimum atomic E-state index is 1.62. The van der Waals surface area contributed by atoms with E-state index in [0.717, 1.165) is 0 Å². The lowest BCUT2D eigenvalue weighted by Gasteiger charge is -1.78. The number of ether oxygens (including phenoxy) is 1. The molecule has 0 saturated heterocycles. The van der Waals surface area contributed by atoms with Crippen molar-refractivity contribution in [2.45, 2.75) is 6.92 Å². The van der Waals surface area contributed by atoms with Crippen molar-refractivity contribution < 1.29 is 4.74 Å². The fourth-order valence-electron chi connectivity index (χ4n) is 0.235. The Kier molecular flexibility index (Phi) is 4.74. The minimum absolute atomic E-state index is 1.62. The molecule has 0 aliphatic carbocycles. The van der Waals surface area contributed by atoms with Gasteiger partial charge in [-0.3, -0.25) is 0 Å². The van der Waals surface area contributed by atoms with Gasteiger partial charge in [0.1, 0.15) is 0 Å². The van der Waals surface area contributed by atoms with E-state index in [1.54, 1.807) is 13.4 Å². The van der Waals surface area contributed by atoms with Crippen molar-refractivity contribution in [1.82, 2.24) is 0 Å². The average Bonchev–Trinajstić information content (AvgIpc) is 1.69. The van der Waals surface area contributed by atoms with Crippen molar-refractivity contribution in [2.24, 2.45) is 0 Å². The summed E-state index contributed by atoms with van der Waals surface area (Å²) < 4.78 is 4.61. The maximum absolute atomic E-state index is 4.61. The lowest BCUT2D eigenvalue weighted by molar-refractivity contribution is 0.338. The van der Waals surface area contributed by atoms with Crippen molar-refractivity contribution in [3.63, 3.8) is 0 Å². The van der Waals surface area contributed by atoms with E-state index in [9.17, 15) is 0 Å². The highest BCUT2D eigenvalue weighted by Crippen LogP contribution is 1.74. The molecule has 0 bridgehead atoms. The number of hydrogen-bond donors (Lipinski definition) is 0. The van der Waals surface area contributed by atoms with Gasteiger partial charge in [-0.05, 0) is 13.0 Å². The third-order valence-electron chi connectivity index (χ3n) is 0.518. The molecule has 0 aliphatic rings. The summed E-state index contributed by atoms with van der Waals surface area (Å²) in [5.74, 6) is 0. The number of methoxy groups -OCH3 is 1. The van der Waals surface area contributed by atoms with Gasteiger partial charge in [-0.15, -0.1) is 0 Å². The molecule has 0 heterocycles. The summed E-state index contributed by atoms with van der Waals surface area (Å²) in [6.07, 6.45) is 7.30. The molecule has 0 atom stereocenters. The van der Waals surface area contributed by atoms with Gasteiger partial charge in [0.2, 0.25) is 0 Å². The molecule has 1 heteroatoms. The molecule has 0 saturated carbocycles. The van der Waals surface area contributed by atoms with Crippen molar-refractivity contribution in [3.8, 4) is 0 Å². The first-order valence-corrected chi connectivity index (χ1v) is 2.22. The highest BCUT2D eigenvalue weighted by molar-refractivity contribution is 4.97. The zero-order valence-electron chi connectivity index (χ0n) is 4.72. The van der Waals surface area contributed by atoms with Crippen LogP contribution >= 0.6 is 0 Å². The summed E-state index contributed by atoms with van der Waals surface area (Å²) in [6, 6.07) is 0. The molecular formula is C6H10O. The van der Waals surface area contributed by atoms with E-state index in [0.29, 0.717) is 0 Å².